The van der Waals surface area contributed by atoms with Crippen molar-refractivity contribution in [2.24, 2.45) is 0 Å². The van der Waals surface area contributed by atoms with E-state index in [0.29, 0.717) is 18.5 Å². The van der Waals surface area contributed by atoms with Gasteiger partial charge in [0.15, 0.2) is 0 Å². The van der Waals surface area contributed by atoms with Crippen molar-refractivity contribution in [1.29, 1.82) is 0 Å². The molecular formula is C16H24N4O3. The number of nitrogens with zero attached hydrogens (tertiary/aromatic N) is 3. The molecule has 1 aliphatic heterocycles. The topological polar surface area (TPSA) is 76.6 Å². The van der Waals surface area contributed by atoms with Crippen LogP contribution in [0.5, 0.6) is 11.9 Å². The quantitative estimate of drug-likeness (QED) is 0.918. The molecule has 0 bridgehead atoms. The molecule has 1 aromatic heterocycles. The van der Waals surface area contributed by atoms with Crippen molar-refractivity contribution in [3.8, 4) is 11.9 Å². The highest BCUT2D eigenvalue weighted by Gasteiger charge is 2.27. The first-order valence-electron chi connectivity index (χ1n) is 8.34. The van der Waals surface area contributed by atoms with Crippen molar-refractivity contribution in [3.63, 3.8) is 0 Å². The number of carbonyl (C=O) groups excluding carboxylic acids is 1. The fourth-order valence-corrected chi connectivity index (χ4v) is 3.21. The first-order chi connectivity index (χ1) is 11.2. The van der Waals surface area contributed by atoms with Crippen molar-refractivity contribution in [2.45, 2.75) is 50.7 Å². The molecule has 1 saturated heterocycles. The minimum absolute atomic E-state index is 0.0328. The van der Waals surface area contributed by atoms with E-state index in [4.69, 9.17) is 9.47 Å². The maximum Gasteiger partial charge on any atom is 0.319 e. The lowest BCUT2D eigenvalue weighted by molar-refractivity contribution is 0.0959. The predicted molar refractivity (Wildman–Crippen MR) is 84.6 cm³/mol. The smallest absolute Gasteiger partial charge is 0.319 e. The summed E-state index contributed by atoms with van der Waals surface area (Å²) in [6.07, 6.45) is 8.04. The van der Waals surface area contributed by atoms with Crippen LogP contribution in [0.4, 0.5) is 4.79 Å². The zero-order valence-electron chi connectivity index (χ0n) is 13.5. The van der Waals surface area contributed by atoms with Crippen molar-refractivity contribution >= 4 is 6.03 Å². The van der Waals surface area contributed by atoms with Gasteiger partial charge in [-0.2, -0.15) is 4.98 Å². The largest absolute Gasteiger partial charge is 0.472 e. The zero-order valence-corrected chi connectivity index (χ0v) is 13.5. The second-order valence-electron chi connectivity index (χ2n) is 6.14. The molecule has 0 spiro atoms. The lowest BCUT2D eigenvalue weighted by atomic mass is 10.1. The van der Waals surface area contributed by atoms with Gasteiger partial charge in [-0.3, -0.25) is 0 Å². The van der Waals surface area contributed by atoms with Gasteiger partial charge in [0.2, 0.25) is 5.88 Å². The summed E-state index contributed by atoms with van der Waals surface area (Å²) in [7, 11) is 1.52. The standard InChI is InChI=1S/C16H24N4O3/c1-22-15-17-9-8-14(19-15)23-13-7-4-10-20(11-13)16(21)18-12-5-2-3-6-12/h8-9,12-13H,2-7,10-11H2,1H3,(H,18,21). The molecular weight excluding hydrogens is 296 g/mol. The Kier molecular flexibility index (Phi) is 5.15. The maximum atomic E-state index is 12.4. The Labute approximate surface area is 136 Å². The van der Waals surface area contributed by atoms with E-state index in [1.807, 2.05) is 4.90 Å². The van der Waals surface area contributed by atoms with Crippen LogP contribution in [0.2, 0.25) is 0 Å². The van der Waals surface area contributed by atoms with Crippen molar-refractivity contribution < 1.29 is 14.3 Å². The van der Waals surface area contributed by atoms with Crippen LogP contribution in [-0.2, 0) is 0 Å². The van der Waals surface area contributed by atoms with Crippen LogP contribution in [0.15, 0.2) is 12.3 Å². The van der Waals surface area contributed by atoms with Crippen molar-refractivity contribution in [3.05, 3.63) is 12.3 Å². The van der Waals surface area contributed by atoms with Crippen LogP contribution < -0.4 is 14.8 Å². The highest BCUT2D eigenvalue weighted by atomic mass is 16.5. The summed E-state index contributed by atoms with van der Waals surface area (Å²) in [5, 5.41) is 3.14. The normalized spacial score (nSPS) is 22.0. The number of hydrogen-bond donors (Lipinski definition) is 1. The van der Waals surface area contributed by atoms with Crippen LogP contribution in [0.1, 0.15) is 38.5 Å². The Morgan fingerprint density at radius 3 is 2.91 bits per heavy atom. The lowest BCUT2D eigenvalue weighted by Gasteiger charge is -2.33. The SMILES string of the molecule is COc1nccc(OC2CCCN(C(=O)NC3CCCC3)C2)n1. The van der Waals surface area contributed by atoms with E-state index < -0.39 is 0 Å². The second-order valence-corrected chi connectivity index (χ2v) is 6.14. The summed E-state index contributed by atoms with van der Waals surface area (Å²) in [4.78, 5) is 22.3. The van der Waals surface area contributed by atoms with Crippen LogP contribution >= 0.6 is 0 Å². The Hall–Kier alpha value is -2.05. The van der Waals surface area contributed by atoms with Gasteiger partial charge in [0.05, 0.1) is 13.7 Å². The van der Waals surface area contributed by atoms with Crippen molar-refractivity contribution in [2.75, 3.05) is 20.2 Å². The lowest BCUT2D eigenvalue weighted by Crippen LogP contribution is -2.50. The summed E-state index contributed by atoms with van der Waals surface area (Å²) >= 11 is 0. The number of aromatic nitrogens is 2. The van der Waals surface area contributed by atoms with Gasteiger partial charge in [0, 0.05) is 24.8 Å². The van der Waals surface area contributed by atoms with Gasteiger partial charge in [0.25, 0.3) is 0 Å². The summed E-state index contributed by atoms with van der Waals surface area (Å²) in [5.41, 5.74) is 0. The van der Waals surface area contributed by atoms with E-state index in [1.54, 1.807) is 12.3 Å². The van der Waals surface area contributed by atoms with Gasteiger partial charge in [0.1, 0.15) is 6.10 Å². The molecule has 7 heteroatoms. The molecule has 2 amide bonds. The molecule has 126 valence electrons. The van der Waals surface area contributed by atoms with Gasteiger partial charge < -0.3 is 19.7 Å². The molecule has 1 saturated carbocycles. The summed E-state index contributed by atoms with van der Waals surface area (Å²) < 4.78 is 10.9. The number of carbonyl (C=O) groups is 1. The zero-order chi connectivity index (χ0) is 16.1. The number of hydrogen-bond acceptors (Lipinski definition) is 5. The highest BCUT2D eigenvalue weighted by Crippen LogP contribution is 2.20. The number of piperidine rings is 1. The van der Waals surface area contributed by atoms with Crippen LogP contribution in [0.3, 0.4) is 0 Å². The van der Waals surface area contributed by atoms with E-state index in [9.17, 15) is 4.79 Å². The van der Waals surface area contributed by atoms with E-state index in [1.165, 1.54) is 20.0 Å². The molecule has 23 heavy (non-hydrogen) atoms. The van der Waals surface area contributed by atoms with Gasteiger partial charge in [-0.05, 0) is 25.7 Å². The van der Waals surface area contributed by atoms with Gasteiger partial charge in [-0.15, -0.1) is 0 Å². The number of rotatable bonds is 4. The number of ether oxygens (including phenoxy) is 2. The summed E-state index contributed by atoms with van der Waals surface area (Å²) in [6, 6.07) is 2.37. The average molecular weight is 320 g/mol. The first-order valence-corrected chi connectivity index (χ1v) is 8.34. The molecule has 0 aromatic carbocycles. The van der Waals surface area contributed by atoms with E-state index in [0.717, 1.165) is 32.2 Å². The van der Waals surface area contributed by atoms with E-state index in [-0.39, 0.29) is 18.1 Å². The third kappa shape index (κ3) is 4.24. The number of urea groups is 1. The van der Waals surface area contributed by atoms with Gasteiger partial charge >= 0.3 is 12.0 Å². The highest BCUT2D eigenvalue weighted by molar-refractivity contribution is 5.74. The molecule has 1 unspecified atom stereocenters. The fourth-order valence-electron chi connectivity index (χ4n) is 3.21. The number of methoxy groups -OCH3 is 1. The Morgan fingerprint density at radius 1 is 1.30 bits per heavy atom. The Bertz CT molecular complexity index is 534. The van der Waals surface area contributed by atoms with Crippen LogP contribution in [0, 0.1) is 0 Å². The predicted octanol–water partition coefficient (Wildman–Crippen LogP) is 1.98. The number of amides is 2. The minimum Gasteiger partial charge on any atom is -0.472 e. The number of likely N-dealkylation sites (tertiary alicyclic amines) is 1. The van der Waals surface area contributed by atoms with Gasteiger partial charge in [-0.25, -0.2) is 9.78 Å². The molecule has 3 rings (SSSR count). The average Bonchev–Trinajstić information content (AvgIpc) is 3.08. The van der Waals surface area contributed by atoms with E-state index in [2.05, 4.69) is 15.3 Å². The molecule has 7 nitrogen and oxygen atoms in total. The molecule has 1 aliphatic carbocycles. The summed E-state index contributed by atoms with van der Waals surface area (Å²) in [6.45, 7) is 1.37. The molecule has 2 heterocycles. The maximum absolute atomic E-state index is 12.4. The summed E-state index contributed by atoms with van der Waals surface area (Å²) in [5.74, 6) is 0.486. The van der Waals surface area contributed by atoms with Crippen LogP contribution in [-0.4, -0.2) is 53.2 Å². The van der Waals surface area contributed by atoms with Crippen molar-refractivity contribution in [1.82, 2.24) is 20.2 Å². The molecule has 1 aromatic rings. The molecule has 1 atom stereocenters. The molecule has 2 fully saturated rings. The third-order valence-corrected chi connectivity index (χ3v) is 4.43. The van der Waals surface area contributed by atoms with Crippen LogP contribution in [0.25, 0.3) is 0 Å². The fraction of sp³-hybridized carbons (Fsp3) is 0.688. The Morgan fingerprint density at radius 2 is 2.13 bits per heavy atom. The Balaban J connectivity index is 1.53. The van der Waals surface area contributed by atoms with E-state index >= 15 is 0 Å². The monoisotopic (exact) mass is 320 g/mol. The first kappa shape index (κ1) is 15.8. The van der Waals surface area contributed by atoms with Gasteiger partial charge in [-0.1, -0.05) is 12.8 Å². The second kappa shape index (κ2) is 7.48. The molecule has 2 aliphatic rings. The molecule has 0 radical (unpaired) electrons. The third-order valence-electron chi connectivity index (χ3n) is 4.43. The number of nitrogens with one attached hydrogen (secondary N) is 1. The molecule has 1 N–H and O–H groups in total. The minimum atomic E-state index is -0.0438.